The van der Waals surface area contributed by atoms with E-state index in [1.165, 1.54) is 4.88 Å². The van der Waals surface area contributed by atoms with Gasteiger partial charge in [0.05, 0.1) is 0 Å². The molecule has 13 heavy (non-hydrogen) atoms. The van der Waals surface area contributed by atoms with E-state index in [0.29, 0.717) is 6.42 Å². The molecule has 0 aromatic carbocycles. The van der Waals surface area contributed by atoms with Gasteiger partial charge in [0.15, 0.2) is 0 Å². The number of halogens is 1. The van der Waals surface area contributed by atoms with Crippen LogP contribution in [0.5, 0.6) is 0 Å². The minimum absolute atomic E-state index is 0.212. The maximum absolute atomic E-state index is 10.4. The molecule has 1 rings (SSSR count). The molecule has 0 atom stereocenters. The van der Waals surface area contributed by atoms with Gasteiger partial charge in [0.25, 0.3) is 0 Å². The molecule has 0 amide bonds. The summed E-state index contributed by atoms with van der Waals surface area (Å²) in [6, 6.07) is 4.22. The average molecular weight is 217 g/mol. The zero-order valence-electron chi connectivity index (χ0n) is 7.46. The van der Waals surface area contributed by atoms with Crippen LogP contribution < -0.4 is 0 Å². The van der Waals surface area contributed by atoms with Gasteiger partial charge in [-0.2, -0.15) is 0 Å². The Morgan fingerprint density at radius 1 is 1.38 bits per heavy atom. The molecular formula is C10H13ClOS. The number of hydrogen-bond acceptors (Lipinski definition) is 2. The van der Waals surface area contributed by atoms with Gasteiger partial charge in [0, 0.05) is 11.3 Å². The third kappa shape index (κ3) is 5.06. The monoisotopic (exact) mass is 216 g/mol. The van der Waals surface area contributed by atoms with Crippen LogP contribution in [0.3, 0.4) is 0 Å². The number of aryl methyl sites for hydroxylation is 1. The topological polar surface area (TPSA) is 17.1 Å². The van der Waals surface area contributed by atoms with E-state index in [4.69, 9.17) is 11.6 Å². The van der Waals surface area contributed by atoms with Crippen molar-refractivity contribution in [3.8, 4) is 0 Å². The lowest BCUT2D eigenvalue weighted by Crippen LogP contribution is -1.87. The zero-order valence-corrected chi connectivity index (χ0v) is 9.03. The molecule has 1 nitrogen and oxygen atoms in total. The van der Waals surface area contributed by atoms with Crippen molar-refractivity contribution in [2.45, 2.75) is 32.1 Å². The van der Waals surface area contributed by atoms with Gasteiger partial charge < -0.3 is 0 Å². The van der Waals surface area contributed by atoms with E-state index in [9.17, 15) is 4.79 Å². The molecule has 0 radical (unpaired) electrons. The number of carbonyl (C=O) groups excluding carboxylic acids is 1. The van der Waals surface area contributed by atoms with Crippen molar-refractivity contribution in [1.29, 1.82) is 0 Å². The molecule has 0 aliphatic carbocycles. The Morgan fingerprint density at radius 2 is 2.23 bits per heavy atom. The average Bonchev–Trinajstić information content (AvgIpc) is 2.55. The van der Waals surface area contributed by atoms with E-state index in [1.54, 1.807) is 11.3 Å². The number of rotatable bonds is 6. The maximum Gasteiger partial charge on any atom is 0.221 e. The molecule has 0 unspecified atom stereocenters. The molecule has 0 saturated carbocycles. The first-order valence-corrected chi connectivity index (χ1v) is 5.75. The maximum atomic E-state index is 10.4. The quantitative estimate of drug-likeness (QED) is 0.525. The summed E-state index contributed by atoms with van der Waals surface area (Å²) in [5.41, 5.74) is 0. The molecule has 1 heterocycles. The van der Waals surface area contributed by atoms with E-state index in [-0.39, 0.29) is 5.24 Å². The molecule has 1 aromatic heterocycles. The molecule has 1 aromatic rings. The van der Waals surface area contributed by atoms with Crippen LogP contribution in [0.2, 0.25) is 0 Å². The fourth-order valence-electron chi connectivity index (χ4n) is 1.19. The van der Waals surface area contributed by atoms with Gasteiger partial charge in [0.2, 0.25) is 5.24 Å². The Kier molecular flexibility index (Phi) is 5.09. The third-order valence-corrected chi connectivity index (χ3v) is 3.00. The van der Waals surface area contributed by atoms with Gasteiger partial charge in [-0.1, -0.05) is 12.5 Å². The molecule has 3 heteroatoms. The summed E-state index contributed by atoms with van der Waals surface area (Å²) in [6.07, 6.45) is 4.83. The van der Waals surface area contributed by atoms with Gasteiger partial charge in [-0.3, -0.25) is 4.79 Å². The first-order chi connectivity index (χ1) is 6.29. The number of hydrogen-bond donors (Lipinski definition) is 0. The lowest BCUT2D eigenvalue weighted by Gasteiger charge is -1.96. The highest BCUT2D eigenvalue weighted by Gasteiger charge is 1.97. The Bertz CT molecular complexity index is 243. The molecule has 0 spiro atoms. The van der Waals surface area contributed by atoms with E-state index in [0.717, 1.165) is 25.7 Å². The summed E-state index contributed by atoms with van der Waals surface area (Å²) in [7, 11) is 0. The SMILES string of the molecule is O=C(Cl)CCCCCc1cccs1. The lowest BCUT2D eigenvalue weighted by atomic mass is 10.1. The lowest BCUT2D eigenvalue weighted by molar-refractivity contribution is -0.111. The number of thiophene rings is 1. The minimum atomic E-state index is -0.212. The summed E-state index contributed by atoms with van der Waals surface area (Å²) in [5, 5.41) is 1.88. The van der Waals surface area contributed by atoms with Crippen LogP contribution in [0, 0.1) is 0 Å². The third-order valence-electron chi connectivity index (χ3n) is 1.88. The highest BCUT2D eigenvalue weighted by Crippen LogP contribution is 2.13. The fourth-order valence-corrected chi connectivity index (χ4v) is 2.08. The molecular weight excluding hydrogens is 204 g/mol. The molecule has 0 aliphatic rings. The predicted octanol–water partition coefficient (Wildman–Crippen LogP) is 3.62. The summed E-state index contributed by atoms with van der Waals surface area (Å²) < 4.78 is 0. The van der Waals surface area contributed by atoms with Crippen molar-refractivity contribution in [2.75, 3.05) is 0 Å². The Labute approximate surface area is 87.7 Å². The van der Waals surface area contributed by atoms with Crippen LogP contribution in [-0.2, 0) is 11.2 Å². The van der Waals surface area contributed by atoms with Gasteiger partial charge >= 0.3 is 0 Å². The second kappa shape index (κ2) is 6.17. The first-order valence-electron chi connectivity index (χ1n) is 4.50. The summed E-state index contributed by atoms with van der Waals surface area (Å²) in [4.78, 5) is 11.8. The van der Waals surface area contributed by atoms with Gasteiger partial charge in [-0.15, -0.1) is 11.3 Å². The summed E-state index contributed by atoms with van der Waals surface area (Å²) in [5.74, 6) is 0. The number of carbonyl (C=O) groups is 1. The predicted molar refractivity (Wildman–Crippen MR) is 57.4 cm³/mol. The minimum Gasteiger partial charge on any atom is -0.281 e. The van der Waals surface area contributed by atoms with E-state index in [1.807, 2.05) is 0 Å². The highest BCUT2D eigenvalue weighted by atomic mass is 35.5. The largest absolute Gasteiger partial charge is 0.281 e. The van der Waals surface area contributed by atoms with Gasteiger partial charge in [-0.05, 0) is 42.3 Å². The fraction of sp³-hybridized carbons (Fsp3) is 0.500. The molecule has 0 bridgehead atoms. The van der Waals surface area contributed by atoms with Crippen molar-refractivity contribution < 1.29 is 4.79 Å². The molecule has 0 saturated heterocycles. The van der Waals surface area contributed by atoms with E-state index < -0.39 is 0 Å². The standard InChI is InChI=1S/C10H13ClOS/c11-10(12)7-3-1-2-5-9-6-4-8-13-9/h4,6,8H,1-3,5,7H2. The van der Waals surface area contributed by atoms with E-state index in [2.05, 4.69) is 17.5 Å². The van der Waals surface area contributed by atoms with Crippen molar-refractivity contribution in [2.24, 2.45) is 0 Å². The highest BCUT2D eigenvalue weighted by molar-refractivity contribution is 7.09. The Hall–Kier alpha value is -0.340. The van der Waals surface area contributed by atoms with Crippen molar-refractivity contribution in [3.05, 3.63) is 22.4 Å². The zero-order chi connectivity index (χ0) is 9.52. The van der Waals surface area contributed by atoms with Crippen LogP contribution in [0.25, 0.3) is 0 Å². The normalized spacial score (nSPS) is 10.2. The Balaban J connectivity index is 1.99. The second-order valence-corrected chi connectivity index (χ2v) is 4.45. The van der Waals surface area contributed by atoms with Gasteiger partial charge in [0.1, 0.15) is 0 Å². The summed E-state index contributed by atoms with van der Waals surface area (Å²) in [6.45, 7) is 0. The molecule has 0 aliphatic heterocycles. The summed E-state index contributed by atoms with van der Waals surface area (Å²) >= 11 is 7.01. The molecule has 0 N–H and O–H groups in total. The van der Waals surface area contributed by atoms with Crippen LogP contribution in [0.1, 0.15) is 30.6 Å². The van der Waals surface area contributed by atoms with Crippen molar-refractivity contribution in [3.63, 3.8) is 0 Å². The van der Waals surface area contributed by atoms with Crippen molar-refractivity contribution >= 4 is 28.2 Å². The smallest absolute Gasteiger partial charge is 0.221 e. The Morgan fingerprint density at radius 3 is 2.85 bits per heavy atom. The molecule has 0 fully saturated rings. The molecule has 72 valence electrons. The van der Waals surface area contributed by atoms with Crippen molar-refractivity contribution in [1.82, 2.24) is 0 Å². The van der Waals surface area contributed by atoms with Crippen LogP contribution in [0.15, 0.2) is 17.5 Å². The van der Waals surface area contributed by atoms with Crippen LogP contribution in [0.4, 0.5) is 0 Å². The van der Waals surface area contributed by atoms with Gasteiger partial charge in [-0.25, -0.2) is 0 Å². The number of unbranched alkanes of at least 4 members (excludes halogenated alkanes) is 2. The second-order valence-electron chi connectivity index (χ2n) is 3.00. The van der Waals surface area contributed by atoms with E-state index >= 15 is 0 Å². The first kappa shape index (κ1) is 10.7. The van der Waals surface area contributed by atoms with Crippen LogP contribution >= 0.6 is 22.9 Å². The van der Waals surface area contributed by atoms with Crippen LogP contribution in [-0.4, -0.2) is 5.24 Å².